The molecule has 2 aromatic rings. The van der Waals surface area contributed by atoms with E-state index in [0.717, 1.165) is 32.0 Å². The lowest BCUT2D eigenvalue weighted by atomic mass is 10.0. The second kappa shape index (κ2) is 6.32. The average molecular weight is 298 g/mol. The Labute approximate surface area is 131 Å². The van der Waals surface area contributed by atoms with Crippen molar-refractivity contribution in [3.05, 3.63) is 54.1 Å². The molecule has 0 radical (unpaired) electrons. The summed E-state index contributed by atoms with van der Waals surface area (Å²) in [5.41, 5.74) is 1.25. The summed E-state index contributed by atoms with van der Waals surface area (Å²) in [5, 5.41) is 0. The third kappa shape index (κ3) is 3.04. The Balaban J connectivity index is 1.84. The molecule has 1 aromatic carbocycles. The SMILES string of the molecule is CC(=O)N1CCN(Cc2nccn2C)[C@@H](c2ccccc2)C1. The number of carbonyl (C=O) groups excluding carboxylic acids is 1. The van der Waals surface area contributed by atoms with Gasteiger partial charge < -0.3 is 9.47 Å². The van der Waals surface area contributed by atoms with Crippen LogP contribution in [-0.2, 0) is 18.4 Å². The van der Waals surface area contributed by atoms with E-state index in [1.807, 2.05) is 30.4 Å². The molecule has 22 heavy (non-hydrogen) atoms. The van der Waals surface area contributed by atoms with Gasteiger partial charge in [-0.2, -0.15) is 0 Å². The zero-order valence-electron chi connectivity index (χ0n) is 13.1. The molecule has 0 spiro atoms. The highest BCUT2D eigenvalue weighted by Crippen LogP contribution is 2.26. The van der Waals surface area contributed by atoms with Crippen LogP contribution in [0.3, 0.4) is 0 Å². The van der Waals surface area contributed by atoms with Crippen LogP contribution in [0.5, 0.6) is 0 Å². The predicted molar refractivity (Wildman–Crippen MR) is 85.1 cm³/mol. The van der Waals surface area contributed by atoms with Crippen LogP contribution in [0.4, 0.5) is 0 Å². The molecule has 0 unspecified atom stereocenters. The van der Waals surface area contributed by atoms with Crippen LogP contribution in [0.25, 0.3) is 0 Å². The van der Waals surface area contributed by atoms with Gasteiger partial charge in [-0.3, -0.25) is 9.69 Å². The first-order valence-corrected chi connectivity index (χ1v) is 7.66. The third-order valence-electron chi connectivity index (χ3n) is 4.39. The van der Waals surface area contributed by atoms with Crippen molar-refractivity contribution in [1.29, 1.82) is 0 Å². The zero-order chi connectivity index (χ0) is 15.5. The molecule has 1 amide bonds. The lowest BCUT2D eigenvalue weighted by Gasteiger charge is -2.41. The number of aryl methyl sites for hydroxylation is 1. The van der Waals surface area contributed by atoms with Gasteiger partial charge in [-0.25, -0.2) is 4.98 Å². The summed E-state index contributed by atoms with van der Waals surface area (Å²) in [4.78, 5) is 20.5. The fourth-order valence-electron chi connectivity index (χ4n) is 3.02. The van der Waals surface area contributed by atoms with E-state index >= 15 is 0 Å². The molecule has 0 saturated carbocycles. The van der Waals surface area contributed by atoms with Gasteiger partial charge in [-0.15, -0.1) is 0 Å². The fraction of sp³-hybridized carbons (Fsp3) is 0.412. The van der Waals surface area contributed by atoms with Gasteiger partial charge in [-0.1, -0.05) is 30.3 Å². The van der Waals surface area contributed by atoms with Crippen molar-refractivity contribution in [2.24, 2.45) is 7.05 Å². The molecule has 5 heteroatoms. The van der Waals surface area contributed by atoms with Gasteiger partial charge in [0.15, 0.2) is 0 Å². The Hall–Kier alpha value is -2.14. The highest BCUT2D eigenvalue weighted by Gasteiger charge is 2.29. The smallest absolute Gasteiger partial charge is 0.219 e. The Bertz CT molecular complexity index is 637. The number of aromatic nitrogens is 2. The molecule has 0 N–H and O–H groups in total. The quantitative estimate of drug-likeness (QED) is 0.868. The molecule has 1 atom stereocenters. The van der Waals surface area contributed by atoms with Crippen molar-refractivity contribution >= 4 is 5.91 Å². The van der Waals surface area contributed by atoms with Gasteiger partial charge in [-0.05, 0) is 5.56 Å². The minimum atomic E-state index is 0.151. The molecule has 5 nitrogen and oxygen atoms in total. The summed E-state index contributed by atoms with van der Waals surface area (Å²) < 4.78 is 2.05. The van der Waals surface area contributed by atoms with Crippen LogP contribution in [0.15, 0.2) is 42.7 Å². The fourth-order valence-corrected chi connectivity index (χ4v) is 3.02. The van der Waals surface area contributed by atoms with Crippen LogP contribution in [0.1, 0.15) is 24.4 Å². The van der Waals surface area contributed by atoms with Crippen molar-refractivity contribution in [3.8, 4) is 0 Å². The molecule has 0 aliphatic carbocycles. The van der Waals surface area contributed by atoms with Gasteiger partial charge >= 0.3 is 0 Å². The minimum absolute atomic E-state index is 0.151. The van der Waals surface area contributed by atoms with Gasteiger partial charge in [0, 0.05) is 46.0 Å². The number of carbonyl (C=O) groups is 1. The van der Waals surface area contributed by atoms with E-state index in [9.17, 15) is 4.79 Å². The van der Waals surface area contributed by atoms with Crippen molar-refractivity contribution in [2.75, 3.05) is 19.6 Å². The molecule has 116 valence electrons. The summed E-state index contributed by atoms with van der Waals surface area (Å²) in [6.45, 7) is 4.84. The second-order valence-electron chi connectivity index (χ2n) is 5.82. The first kappa shape index (κ1) is 14.8. The lowest BCUT2D eigenvalue weighted by molar-refractivity contribution is -0.132. The standard InChI is InChI=1S/C17H22N4O/c1-14(22)20-10-11-21(13-17-18-8-9-19(17)2)16(12-20)15-6-4-3-5-7-15/h3-9,16H,10-13H2,1-2H3/t16-/m1/s1. The maximum absolute atomic E-state index is 11.7. The Morgan fingerprint density at radius 1 is 1.27 bits per heavy atom. The summed E-state index contributed by atoms with van der Waals surface area (Å²) in [5.74, 6) is 1.20. The Kier molecular flexibility index (Phi) is 4.24. The molecule has 1 aliphatic rings. The largest absolute Gasteiger partial charge is 0.340 e. The number of imidazole rings is 1. The van der Waals surface area contributed by atoms with Crippen molar-refractivity contribution in [1.82, 2.24) is 19.4 Å². The summed E-state index contributed by atoms with van der Waals surface area (Å²) in [6, 6.07) is 10.6. The molecule has 1 fully saturated rings. The zero-order valence-corrected chi connectivity index (χ0v) is 13.1. The topological polar surface area (TPSA) is 41.4 Å². The molecular weight excluding hydrogens is 276 g/mol. The van der Waals surface area contributed by atoms with Crippen LogP contribution in [0.2, 0.25) is 0 Å². The first-order valence-electron chi connectivity index (χ1n) is 7.66. The van der Waals surface area contributed by atoms with Crippen LogP contribution < -0.4 is 0 Å². The lowest BCUT2D eigenvalue weighted by Crippen LogP contribution is -2.49. The number of benzene rings is 1. The molecular formula is C17H22N4O. The van der Waals surface area contributed by atoms with Gasteiger partial charge in [0.2, 0.25) is 5.91 Å². The number of hydrogen-bond acceptors (Lipinski definition) is 3. The van der Waals surface area contributed by atoms with E-state index in [1.165, 1.54) is 5.56 Å². The molecule has 1 aliphatic heterocycles. The van der Waals surface area contributed by atoms with Crippen LogP contribution in [0, 0.1) is 0 Å². The Morgan fingerprint density at radius 3 is 2.68 bits per heavy atom. The van der Waals surface area contributed by atoms with E-state index < -0.39 is 0 Å². The van der Waals surface area contributed by atoms with E-state index in [-0.39, 0.29) is 11.9 Å². The third-order valence-corrected chi connectivity index (χ3v) is 4.39. The number of piperazine rings is 1. The van der Waals surface area contributed by atoms with Gasteiger partial charge in [0.25, 0.3) is 0 Å². The number of rotatable bonds is 3. The summed E-state index contributed by atoms with van der Waals surface area (Å²) >= 11 is 0. The monoisotopic (exact) mass is 298 g/mol. The van der Waals surface area contributed by atoms with E-state index in [2.05, 4.69) is 38.7 Å². The number of amides is 1. The van der Waals surface area contributed by atoms with Crippen LogP contribution in [-0.4, -0.2) is 44.9 Å². The maximum Gasteiger partial charge on any atom is 0.219 e. The van der Waals surface area contributed by atoms with E-state index in [1.54, 1.807) is 6.92 Å². The second-order valence-corrected chi connectivity index (χ2v) is 5.82. The highest BCUT2D eigenvalue weighted by molar-refractivity contribution is 5.73. The Morgan fingerprint density at radius 2 is 2.05 bits per heavy atom. The van der Waals surface area contributed by atoms with Crippen molar-refractivity contribution in [3.63, 3.8) is 0 Å². The number of nitrogens with zero attached hydrogens (tertiary/aromatic N) is 4. The molecule has 0 bridgehead atoms. The van der Waals surface area contributed by atoms with Crippen molar-refractivity contribution < 1.29 is 4.79 Å². The maximum atomic E-state index is 11.7. The molecule has 2 heterocycles. The van der Waals surface area contributed by atoms with E-state index in [4.69, 9.17) is 0 Å². The van der Waals surface area contributed by atoms with Gasteiger partial charge in [0.05, 0.1) is 12.6 Å². The van der Waals surface area contributed by atoms with E-state index in [0.29, 0.717) is 0 Å². The molecule has 1 saturated heterocycles. The predicted octanol–water partition coefficient (Wildman–Crippen LogP) is 1.83. The highest BCUT2D eigenvalue weighted by atomic mass is 16.2. The molecule has 3 rings (SSSR count). The van der Waals surface area contributed by atoms with Crippen LogP contribution >= 0.6 is 0 Å². The van der Waals surface area contributed by atoms with Gasteiger partial charge in [0.1, 0.15) is 5.82 Å². The summed E-state index contributed by atoms with van der Waals surface area (Å²) in [6.07, 6.45) is 3.80. The van der Waals surface area contributed by atoms with Crippen molar-refractivity contribution in [2.45, 2.75) is 19.5 Å². The first-order chi connectivity index (χ1) is 10.6. The minimum Gasteiger partial charge on any atom is -0.340 e. The summed E-state index contributed by atoms with van der Waals surface area (Å²) in [7, 11) is 2.02. The normalized spacial score (nSPS) is 19.4. The number of hydrogen-bond donors (Lipinski definition) is 0. The average Bonchev–Trinajstić information content (AvgIpc) is 2.93. The molecule has 1 aromatic heterocycles.